The third-order valence-electron chi connectivity index (χ3n) is 3.50. The molecular formula is C15H16N2O2. The third-order valence-corrected chi connectivity index (χ3v) is 3.50. The second kappa shape index (κ2) is 4.88. The number of aromatic nitrogens is 2. The minimum absolute atomic E-state index is 0.136. The molecule has 0 saturated carbocycles. The highest BCUT2D eigenvalue weighted by Crippen LogP contribution is 2.26. The highest BCUT2D eigenvalue weighted by Gasteiger charge is 2.13. The molecule has 1 aliphatic rings. The summed E-state index contributed by atoms with van der Waals surface area (Å²) in [7, 11) is 1.84. The van der Waals surface area contributed by atoms with E-state index in [9.17, 15) is 4.79 Å². The van der Waals surface area contributed by atoms with Gasteiger partial charge in [0.15, 0.2) is 5.78 Å². The van der Waals surface area contributed by atoms with Crippen molar-refractivity contribution >= 4 is 5.78 Å². The van der Waals surface area contributed by atoms with Crippen molar-refractivity contribution in [1.82, 2.24) is 9.55 Å². The molecule has 3 rings (SSSR count). The number of carbonyl (C=O) groups excluding carboxylic acids is 1. The van der Waals surface area contributed by atoms with Crippen LogP contribution in [0.3, 0.4) is 0 Å². The fourth-order valence-electron chi connectivity index (χ4n) is 2.41. The first kappa shape index (κ1) is 12.0. The maximum Gasteiger partial charge on any atom is 0.181 e. The van der Waals surface area contributed by atoms with Gasteiger partial charge in [-0.1, -0.05) is 12.1 Å². The summed E-state index contributed by atoms with van der Waals surface area (Å²) in [5.41, 5.74) is 3.12. The zero-order valence-electron chi connectivity index (χ0n) is 10.9. The van der Waals surface area contributed by atoms with E-state index in [1.165, 1.54) is 11.1 Å². The van der Waals surface area contributed by atoms with Crippen molar-refractivity contribution < 1.29 is 9.53 Å². The molecule has 1 aliphatic heterocycles. The van der Waals surface area contributed by atoms with Crippen LogP contribution in [0.2, 0.25) is 0 Å². The monoisotopic (exact) mass is 256 g/mol. The van der Waals surface area contributed by atoms with E-state index in [4.69, 9.17) is 4.74 Å². The zero-order chi connectivity index (χ0) is 13.2. The van der Waals surface area contributed by atoms with Crippen molar-refractivity contribution in [1.29, 1.82) is 0 Å². The molecule has 0 aliphatic carbocycles. The lowest BCUT2D eigenvalue weighted by molar-refractivity contribution is 0.0975. The smallest absolute Gasteiger partial charge is 0.181 e. The molecule has 0 unspecified atom stereocenters. The molecule has 19 heavy (non-hydrogen) atoms. The molecule has 1 aromatic carbocycles. The Kier molecular flexibility index (Phi) is 3.07. The fourth-order valence-corrected chi connectivity index (χ4v) is 2.41. The van der Waals surface area contributed by atoms with Gasteiger partial charge in [-0.15, -0.1) is 0 Å². The maximum absolute atomic E-state index is 12.0. The topological polar surface area (TPSA) is 44.1 Å². The minimum Gasteiger partial charge on any atom is -0.493 e. The van der Waals surface area contributed by atoms with Gasteiger partial charge in [0.25, 0.3) is 0 Å². The number of carbonyl (C=O) groups is 1. The summed E-state index contributed by atoms with van der Waals surface area (Å²) in [6.45, 7) is 0.771. The molecule has 1 aromatic heterocycles. The Morgan fingerprint density at radius 2 is 2.37 bits per heavy atom. The van der Waals surface area contributed by atoms with Crippen LogP contribution >= 0.6 is 0 Å². The molecular weight excluding hydrogens is 240 g/mol. The van der Waals surface area contributed by atoms with E-state index in [1.54, 1.807) is 17.1 Å². The average Bonchev–Trinajstić information content (AvgIpc) is 3.03. The molecule has 2 aromatic rings. The van der Waals surface area contributed by atoms with Crippen LogP contribution in [0, 0.1) is 0 Å². The molecule has 2 heterocycles. The lowest BCUT2D eigenvalue weighted by Crippen LogP contribution is -2.06. The molecule has 0 N–H and O–H groups in total. The number of hydrogen-bond acceptors (Lipinski definition) is 3. The van der Waals surface area contributed by atoms with Crippen LogP contribution in [0.5, 0.6) is 5.75 Å². The number of fused-ring (bicyclic) bond motifs is 1. The Balaban J connectivity index is 1.66. The normalized spacial score (nSPS) is 13.1. The van der Waals surface area contributed by atoms with Gasteiger partial charge in [-0.05, 0) is 23.6 Å². The standard InChI is InChI=1S/C15H16N2O2/c1-17-10-16-9-13(17)14(18)4-2-11-3-5-15-12(8-11)6-7-19-15/h3,5,8-10H,2,4,6-7H2,1H3. The van der Waals surface area contributed by atoms with Gasteiger partial charge in [0.2, 0.25) is 0 Å². The Morgan fingerprint density at radius 3 is 3.16 bits per heavy atom. The van der Waals surface area contributed by atoms with Crippen LogP contribution in [0.25, 0.3) is 0 Å². The lowest BCUT2D eigenvalue weighted by Gasteiger charge is -2.04. The number of Topliss-reactive ketones (excluding diaryl/α,β-unsaturated/α-hetero) is 1. The summed E-state index contributed by atoms with van der Waals surface area (Å²) in [5.74, 6) is 1.12. The van der Waals surface area contributed by atoms with Crippen LogP contribution in [0.1, 0.15) is 28.0 Å². The summed E-state index contributed by atoms with van der Waals surface area (Å²) in [6, 6.07) is 6.20. The molecule has 0 radical (unpaired) electrons. The molecule has 4 heteroatoms. The van der Waals surface area contributed by atoms with E-state index in [-0.39, 0.29) is 5.78 Å². The summed E-state index contributed by atoms with van der Waals surface area (Å²) in [4.78, 5) is 16.0. The van der Waals surface area contributed by atoms with E-state index in [0.29, 0.717) is 12.1 Å². The Labute approximate surface area is 112 Å². The van der Waals surface area contributed by atoms with Gasteiger partial charge < -0.3 is 9.30 Å². The van der Waals surface area contributed by atoms with Gasteiger partial charge >= 0.3 is 0 Å². The summed E-state index contributed by atoms with van der Waals surface area (Å²) in [6.07, 6.45) is 5.52. The van der Waals surface area contributed by atoms with Crippen LogP contribution in [0.4, 0.5) is 0 Å². The van der Waals surface area contributed by atoms with Crippen LogP contribution in [-0.2, 0) is 19.9 Å². The highest BCUT2D eigenvalue weighted by molar-refractivity contribution is 5.94. The van der Waals surface area contributed by atoms with Gasteiger partial charge in [-0.25, -0.2) is 4.98 Å². The molecule has 0 saturated heterocycles. The van der Waals surface area contributed by atoms with Crippen molar-refractivity contribution in [3.63, 3.8) is 0 Å². The van der Waals surface area contributed by atoms with Crippen molar-refractivity contribution in [3.05, 3.63) is 47.5 Å². The van der Waals surface area contributed by atoms with Crippen molar-refractivity contribution in [3.8, 4) is 5.75 Å². The summed E-state index contributed by atoms with van der Waals surface area (Å²) >= 11 is 0. The number of rotatable bonds is 4. The number of benzene rings is 1. The van der Waals surface area contributed by atoms with Crippen molar-refractivity contribution in [2.24, 2.45) is 7.05 Å². The molecule has 4 nitrogen and oxygen atoms in total. The van der Waals surface area contributed by atoms with Gasteiger partial charge in [0, 0.05) is 19.9 Å². The van der Waals surface area contributed by atoms with Gasteiger partial charge in [0.05, 0.1) is 19.1 Å². The van der Waals surface area contributed by atoms with Gasteiger partial charge in [0.1, 0.15) is 11.4 Å². The quantitative estimate of drug-likeness (QED) is 0.787. The van der Waals surface area contributed by atoms with E-state index >= 15 is 0 Å². The van der Waals surface area contributed by atoms with E-state index in [1.807, 2.05) is 19.2 Å². The number of nitrogens with zero attached hydrogens (tertiary/aromatic N) is 2. The second-order valence-electron chi connectivity index (χ2n) is 4.85. The second-order valence-corrected chi connectivity index (χ2v) is 4.85. The van der Waals surface area contributed by atoms with E-state index < -0.39 is 0 Å². The van der Waals surface area contributed by atoms with Crippen LogP contribution in [0.15, 0.2) is 30.7 Å². The molecule has 0 atom stereocenters. The fraction of sp³-hybridized carbons (Fsp3) is 0.333. The predicted octanol–water partition coefficient (Wildman–Crippen LogP) is 2.17. The van der Waals surface area contributed by atoms with Gasteiger partial charge in [-0.3, -0.25) is 4.79 Å². The average molecular weight is 256 g/mol. The lowest BCUT2D eigenvalue weighted by atomic mass is 10.0. The number of aryl methyl sites for hydroxylation is 2. The Bertz CT molecular complexity index is 616. The van der Waals surface area contributed by atoms with Crippen LogP contribution in [-0.4, -0.2) is 21.9 Å². The largest absolute Gasteiger partial charge is 0.493 e. The summed E-state index contributed by atoms with van der Waals surface area (Å²) < 4.78 is 7.24. The Morgan fingerprint density at radius 1 is 1.47 bits per heavy atom. The first-order valence-corrected chi connectivity index (χ1v) is 6.48. The molecule has 0 spiro atoms. The van der Waals surface area contributed by atoms with Crippen molar-refractivity contribution in [2.45, 2.75) is 19.3 Å². The van der Waals surface area contributed by atoms with Gasteiger partial charge in [-0.2, -0.15) is 0 Å². The zero-order valence-corrected chi connectivity index (χ0v) is 10.9. The minimum atomic E-state index is 0.136. The van der Waals surface area contributed by atoms with Crippen LogP contribution < -0.4 is 4.74 Å². The SMILES string of the molecule is Cn1cncc1C(=O)CCc1ccc2c(c1)CCO2. The Hall–Kier alpha value is -2.10. The van der Waals surface area contributed by atoms with E-state index in [2.05, 4.69) is 11.1 Å². The van der Waals surface area contributed by atoms with E-state index in [0.717, 1.165) is 25.2 Å². The third kappa shape index (κ3) is 2.38. The molecule has 0 bridgehead atoms. The first-order valence-electron chi connectivity index (χ1n) is 6.48. The predicted molar refractivity (Wildman–Crippen MR) is 71.5 cm³/mol. The number of ether oxygens (including phenoxy) is 1. The highest BCUT2D eigenvalue weighted by atomic mass is 16.5. The summed E-state index contributed by atoms with van der Waals surface area (Å²) in [5, 5.41) is 0. The maximum atomic E-state index is 12.0. The number of hydrogen-bond donors (Lipinski definition) is 0. The van der Waals surface area contributed by atoms with Crippen molar-refractivity contribution in [2.75, 3.05) is 6.61 Å². The number of imidazole rings is 1. The first-order chi connectivity index (χ1) is 9.24. The molecule has 98 valence electrons. The number of ketones is 1. The molecule has 0 fully saturated rings. The molecule has 0 amide bonds.